The molecular weight excluding hydrogens is 164 g/mol. The van der Waals surface area contributed by atoms with Gasteiger partial charge in [-0.05, 0) is 52.4 Å². The summed E-state index contributed by atoms with van der Waals surface area (Å²) in [6.07, 6.45) is 4.21. The van der Waals surface area contributed by atoms with E-state index in [2.05, 4.69) is 17.3 Å². The molecule has 2 N–H and O–H groups in total. The van der Waals surface area contributed by atoms with Gasteiger partial charge in [0, 0.05) is 5.54 Å². The molecule has 3 nitrogen and oxygen atoms in total. The zero-order chi connectivity index (χ0) is 9.31. The fourth-order valence-corrected chi connectivity index (χ4v) is 2.56. The van der Waals surface area contributed by atoms with Crippen molar-refractivity contribution in [2.45, 2.75) is 37.3 Å². The van der Waals surface area contributed by atoms with Crippen LogP contribution in [0.4, 0.5) is 0 Å². The van der Waals surface area contributed by atoms with Crippen molar-refractivity contribution >= 4 is 0 Å². The summed E-state index contributed by atoms with van der Waals surface area (Å²) in [6.45, 7) is 3.32. The van der Waals surface area contributed by atoms with Gasteiger partial charge in [0.15, 0.2) is 0 Å². The third-order valence-corrected chi connectivity index (χ3v) is 3.55. The average molecular weight is 184 g/mol. The SMILES string of the molecule is CN1CCC2(CC1)C[C@H](O)CCN2. The van der Waals surface area contributed by atoms with Gasteiger partial charge in [-0.2, -0.15) is 0 Å². The van der Waals surface area contributed by atoms with Crippen LogP contribution in [-0.4, -0.2) is 48.3 Å². The summed E-state index contributed by atoms with van der Waals surface area (Å²) in [6, 6.07) is 0. The van der Waals surface area contributed by atoms with Crippen LogP contribution in [-0.2, 0) is 0 Å². The maximum absolute atomic E-state index is 9.64. The van der Waals surface area contributed by atoms with Gasteiger partial charge in [-0.1, -0.05) is 0 Å². The van der Waals surface area contributed by atoms with Crippen LogP contribution < -0.4 is 5.32 Å². The van der Waals surface area contributed by atoms with Gasteiger partial charge < -0.3 is 15.3 Å². The first-order chi connectivity index (χ1) is 6.20. The second-order valence-corrected chi connectivity index (χ2v) is 4.66. The monoisotopic (exact) mass is 184 g/mol. The van der Waals surface area contributed by atoms with E-state index >= 15 is 0 Å². The van der Waals surface area contributed by atoms with Gasteiger partial charge >= 0.3 is 0 Å². The summed E-state index contributed by atoms with van der Waals surface area (Å²) in [4.78, 5) is 2.37. The molecule has 2 fully saturated rings. The minimum absolute atomic E-state index is 0.0651. The summed E-state index contributed by atoms with van der Waals surface area (Å²) in [5.74, 6) is 0. The number of nitrogens with one attached hydrogen (secondary N) is 1. The smallest absolute Gasteiger partial charge is 0.0570 e. The molecular formula is C10H20N2O. The van der Waals surface area contributed by atoms with Crippen molar-refractivity contribution in [1.82, 2.24) is 10.2 Å². The number of hydrogen-bond donors (Lipinski definition) is 2. The lowest BCUT2D eigenvalue weighted by atomic mass is 9.79. The molecule has 0 aliphatic carbocycles. The largest absolute Gasteiger partial charge is 0.393 e. The molecule has 0 saturated carbocycles. The molecule has 0 unspecified atom stereocenters. The van der Waals surface area contributed by atoms with Crippen molar-refractivity contribution in [2.24, 2.45) is 0 Å². The van der Waals surface area contributed by atoms with Crippen LogP contribution >= 0.6 is 0 Å². The second-order valence-electron chi connectivity index (χ2n) is 4.66. The number of nitrogens with zero attached hydrogens (tertiary/aromatic N) is 1. The Kier molecular flexibility index (Phi) is 2.58. The highest BCUT2D eigenvalue weighted by Crippen LogP contribution is 2.29. The van der Waals surface area contributed by atoms with Gasteiger partial charge in [-0.25, -0.2) is 0 Å². The van der Waals surface area contributed by atoms with Gasteiger partial charge in [0.1, 0.15) is 0 Å². The standard InChI is InChI=1S/C10H20N2O/c1-12-6-3-10(4-7-12)8-9(13)2-5-11-10/h9,11,13H,2-8H2,1H3/t9-/m1/s1. The lowest BCUT2D eigenvalue weighted by Crippen LogP contribution is -2.57. The van der Waals surface area contributed by atoms with Gasteiger partial charge in [-0.15, -0.1) is 0 Å². The van der Waals surface area contributed by atoms with Crippen LogP contribution in [0.1, 0.15) is 25.7 Å². The third-order valence-electron chi connectivity index (χ3n) is 3.55. The van der Waals surface area contributed by atoms with Crippen LogP contribution in [0.5, 0.6) is 0 Å². The van der Waals surface area contributed by atoms with E-state index in [9.17, 15) is 5.11 Å². The molecule has 0 bridgehead atoms. The molecule has 2 saturated heterocycles. The Hall–Kier alpha value is -0.120. The average Bonchev–Trinajstić information content (AvgIpc) is 2.11. The predicted molar refractivity (Wildman–Crippen MR) is 52.7 cm³/mol. The Morgan fingerprint density at radius 3 is 2.69 bits per heavy atom. The first-order valence-corrected chi connectivity index (χ1v) is 5.32. The molecule has 0 aromatic carbocycles. The van der Waals surface area contributed by atoms with Crippen molar-refractivity contribution < 1.29 is 5.11 Å². The normalized spacial score (nSPS) is 35.1. The van der Waals surface area contributed by atoms with E-state index < -0.39 is 0 Å². The number of hydrogen-bond acceptors (Lipinski definition) is 3. The number of likely N-dealkylation sites (tertiary alicyclic amines) is 1. The van der Waals surface area contributed by atoms with Gasteiger partial charge in [-0.3, -0.25) is 0 Å². The molecule has 0 amide bonds. The van der Waals surface area contributed by atoms with Crippen LogP contribution in [0.25, 0.3) is 0 Å². The molecule has 2 aliphatic rings. The summed E-state index contributed by atoms with van der Waals surface area (Å²) < 4.78 is 0. The van der Waals surface area contributed by atoms with E-state index in [1.54, 1.807) is 0 Å². The Bertz CT molecular complexity index is 176. The highest BCUT2D eigenvalue weighted by atomic mass is 16.3. The van der Waals surface area contributed by atoms with Gasteiger partial charge in [0.25, 0.3) is 0 Å². The Morgan fingerprint density at radius 2 is 2.08 bits per heavy atom. The summed E-state index contributed by atoms with van der Waals surface area (Å²) in [7, 11) is 2.17. The second kappa shape index (κ2) is 3.56. The highest BCUT2D eigenvalue weighted by molar-refractivity contribution is 4.97. The Balaban J connectivity index is 1.95. The first kappa shape index (κ1) is 9.44. The summed E-state index contributed by atoms with van der Waals surface area (Å²) >= 11 is 0. The van der Waals surface area contributed by atoms with Crippen LogP contribution in [0.3, 0.4) is 0 Å². The minimum atomic E-state index is -0.0651. The maximum atomic E-state index is 9.64. The topological polar surface area (TPSA) is 35.5 Å². The molecule has 2 heterocycles. The minimum Gasteiger partial charge on any atom is -0.393 e. The molecule has 0 radical (unpaired) electrons. The summed E-state index contributed by atoms with van der Waals surface area (Å²) in [5.41, 5.74) is 0.268. The van der Waals surface area contributed by atoms with Crippen molar-refractivity contribution in [3.63, 3.8) is 0 Å². The lowest BCUT2D eigenvalue weighted by Gasteiger charge is -2.45. The quantitative estimate of drug-likeness (QED) is 0.564. The lowest BCUT2D eigenvalue weighted by molar-refractivity contribution is 0.0438. The fraction of sp³-hybridized carbons (Fsp3) is 1.00. The molecule has 2 rings (SSSR count). The van der Waals surface area contributed by atoms with E-state index in [-0.39, 0.29) is 11.6 Å². The molecule has 3 heteroatoms. The van der Waals surface area contributed by atoms with Crippen molar-refractivity contribution in [2.75, 3.05) is 26.7 Å². The van der Waals surface area contributed by atoms with E-state index in [1.165, 1.54) is 25.9 Å². The highest BCUT2D eigenvalue weighted by Gasteiger charge is 2.37. The van der Waals surface area contributed by atoms with Crippen LogP contribution in [0.15, 0.2) is 0 Å². The molecule has 0 aromatic rings. The zero-order valence-electron chi connectivity index (χ0n) is 8.42. The van der Waals surface area contributed by atoms with Crippen molar-refractivity contribution in [3.8, 4) is 0 Å². The molecule has 2 aliphatic heterocycles. The third kappa shape index (κ3) is 2.03. The molecule has 1 spiro atoms. The number of piperidine rings is 2. The van der Waals surface area contributed by atoms with Crippen LogP contribution in [0.2, 0.25) is 0 Å². The van der Waals surface area contributed by atoms with Crippen molar-refractivity contribution in [1.29, 1.82) is 0 Å². The first-order valence-electron chi connectivity index (χ1n) is 5.32. The fourth-order valence-electron chi connectivity index (χ4n) is 2.56. The maximum Gasteiger partial charge on any atom is 0.0570 e. The predicted octanol–water partition coefficient (Wildman–Crippen LogP) is 0.195. The van der Waals surface area contributed by atoms with E-state index in [0.29, 0.717) is 0 Å². The van der Waals surface area contributed by atoms with Crippen LogP contribution in [0, 0.1) is 0 Å². The van der Waals surface area contributed by atoms with E-state index in [1.807, 2.05) is 0 Å². The van der Waals surface area contributed by atoms with Gasteiger partial charge in [0.05, 0.1) is 6.10 Å². The molecule has 76 valence electrons. The van der Waals surface area contributed by atoms with E-state index in [0.717, 1.165) is 19.4 Å². The summed E-state index contributed by atoms with van der Waals surface area (Å²) in [5, 5.41) is 13.2. The molecule has 13 heavy (non-hydrogen) atoms. The number of aliphatic hydroxyl groups excluding tert-OH is 1. The Labute approximate surface area is 80.1 Å². The van der Waals surface area contributed by atoms with Crippen molar-refractivity contribution in [3.05, 3.63) is 0 Å². The number of rotatable bonds is 0. The van der Waals surface area contributed by atoms with E-state index in [4.69, 9.17) is 0 Å². The Morgan fingerprint density at radius 1 is 1.38 bits per heavy atom. The zero-order valence-corrected chi connectivity index (χ0v) is 8.42. The molecule has 1 atom stereocenters. The molecule has 0 aromatic heterocycles. The van der Waals surface area contributed by atoms with Gasteiger partial charge in [0.2, 0.25) is 0 Å². The number of aliphatic hydroxyl groups is 1.